The first-order chi connectivity index (χ1) is 12.2. The fraction of sp³-hybridized carbons (Fsp3) is 0.294. The molecular weight excluding hydrogens is 358 g/mol. The fourth-order valence-electron chi connectivity index (χ4n) is 3.88. The van der Waals surface area contributed by atoms with Gasteiger partial charge in [-0.3, -0.25) is 4.57 Å². The summed E-state index contributed by atoms with van der Waals surface area (Å²) in [6.07, 6.45) is -5.02. The maximum Gasteiger partial charge on any atom is 0.507 e. The van der Waals surface area contributed by atoms with Crippen LogP contribution in [0.3, 0.4) is 0 Å². The minimum Gasteiger partial charge on any atom is -0.494 e. The first kappa shape index (κ1) is 15.4. The zero-order chi connectivity index (χ0) is 18.4. The number of aromatic nitrogens is 1. The fourth-order valence-corrected chi connectivity index (χ4v) is 3.88. The van der Waals surface area contributed by atoms with Gasteiger partial charge in [-0.25, -0.2) is 0 Å². The number of nitrogens with zero attached hydrogens (tertiary/aromatic N) is 1. The van der Waals surface area contributed by atoms with Gasteiger partial charge in [0.15, 0.2) is 11.5 Å². The predicted octanol–water partition coefficient (Wildman–Crippen LogP) is 3.99. The molecule has 26 heavy (non-hydrogen) atoms. The highest BCUT2D eigenvalue weighted by molar-refractivity contribution is 5.63. The van der Waals surface area contributed by atoms with E-state index in [0.29, 0.717) is 11.1 Å². The van der Waals surface area contributed by atoms with Crippen LogP contribution < -0.4 is 9.47 Å². The van der Waals surface area contributed by atoms with Crippen LogP contribution in [0.25, 0.3) is 5.69 Å². The summed E-state index contributed by atoms with van der Waals surface area (Å²) in [7, 11) is 0. The lowest BCUT2D eigenvalue weighted by atomic mass is 10.0. The molecule has 2 N–H and O–H groups in total. The van der Waals surface area contributed by atoms with E-state index >= 15 is 0 Å². The molecule has 1 aromatic heterocycles. The zero-order valence-corrected chi connectivity index (χ0v) is 12.9. The Balaban J connectivity index is 1.62. The molecule has 2 bridgehead atoms. The lowest BCUT2D eigenvalue weighted by Gasteiger charge is -2.32. The molecule has 0 unspecified atom stereocenters. The average Bonchev–Trinajstić information content (AvgIpc) is 3.22. The number of aromatic hydroxyl groups is 2. The second-order valence-electron chi connectivity index (χ2n) is 6.51. The minimum absolute atomic E-state index is 0.0256. The normalized spacial score (nSPS) is 26.2. The number of halogens is 4. The lowest BCUT2D eigenvalue weighted by molar-refractivity contribution is -0.391. The number of rotatable bonds is 1. The van der Waals surface area contributed by atoms with Gasteiger partial charge in [-0.15, -0.1) is 0 Å². The Bertz CT molecular complexity index is 946. The van der Waals surface area contributed by atoms with Crippen molar-refractivity contribution in [3.05, 3.63) is 41.5 Å². The summed E-state index contributed by atoms with van der Waals surface area (Å²) in [5, 5.41) is 21.0. The maximum atomic E-state index is 13.4. The number of hydrogen-bond acceptors (Lipinski definition) is 4. The third-order valence-corrected chi connectivity index (χ3v) is 5.02. The average molecular weight is 369 g/mol. The Morgan fingerprint density at radius 1 is 0.885 bits per heavy atom. The molecule has 0 fully saturated rings. The quantitative estimate of drug-likeness (QED) is 0.590. The van der Waals surface area contributed by atoms with Crippen molar-refractivity contribution >= 4 is 0 Å². The Morgan fingerprint density at radius 2 is 1.42 bits per heavy atom. The van der Waals surface area contributed by atoms with Gasteiger partial charge in [0.25, 0.3) is 0 Å². The highest BCUT2D eigenvalue weighted by Gasteiger charge is 2.66. The Labute approximate surface area is 143 Å². The maximum absolute atomic E-state index is 13.4. The molecule has 0 spiro atoms. The molecule has 2 aromatic rings. The van der Waals surface area contributed by atoms with Crippen LogP contribution >= 0.6 is 0 Å². The van der Waals surface area contributed by atoms with Gasteiger partial charge in [0.05, 0.1) is 5.69 Å². The summed E-state index contributed by atoms with van der Waals surface area (Å²) < 4.78 is 62.4. The molecule has 0 saturated carbocycles. The first-order valence-electron chi connectivity index (χ1n) is 7.82. The van der Waals surface area contributed by atoms with Crippen LogP contribution in [0.1, 0.15) is 29.4 Å². The number of allylic oxidation sites excluding steroid dienone is 2. The Morgan fingerprint density at radius 3 is 2.00 bits per heavy atom. The molecule has 0 amide bonds. The van der Waals surface area contributed by atoms with Crippen molar-refractivity contribution in [2.75, 3.05) is 0 Å². The molecule has 2 aliphatic carbocycles. The molecule has 136 valence electrons. The van der Waals surface area contributed by atoms with E-state index in [4.69, 9.17) is 0 Å². The van der Waals surface area contributed by atoms with Crippen molar-refractivity contribution in [1.82, 2.24) is 4.57 Å². The molecule has 5 nitrogen and oxygen atoms in total. The standard InChI is InChI=1S/C17H11F4NO4/c18-16(19)17(20,21)26-11-6-9(3-4-10(11)25-16)22-14(23)12-7-1-2-8(5-7)13(12)15(22)24/h1-4,6-8,23-24H,5H2/t7-,8+. The predicted molar refractivity (Wildman–Crippen MR) is 79.5 cm³/mol. The number of alkyl halides is 4. The number of ether oxygens (including phenoxy) is 2. The molecular formula is C17H11F4NO4. The van der Waals surface area contributed by atoms with Crippen LogP contribution in [-0.4, -0.2) is 27.0 Å². The van der Waals surface area contributed by atoms with Crippen LogP contribution in [-0.2, 0) is 0 Å². The van der Waals surface area contributed by atoms with Crippen LogP contribution in [0, 0.1) is 0 Å². The third-order valence-electron chi connectivity index (χ3n) is 5.02. The van der Waals surface area contributed by atoms with E-state index in [0.717, 1.165) is 23.1 Å². The van der Waals surface area contributed by atoms with Crippen LogP contribution in [0.4, 0.5) is 17.6 Å². The molecule has 2 atom stereocenters. The Hall–Kier alpha value is -2.84. The van der Waals surface area contributed by atoms with E-state index in [1.165, 1.54) is 6.07 Å². The first-order valence-corrected chi connectivity index (χ1v) is 7.82. The summed E-state index contributed by atoms with van der Waals surface area (Å²) >= 11 is 0. The van der Waals surface area contributed by atoms with Crippen LogP contribution in [0.15, 0.2) is 30.4 Å². The third kappa shape index (κ3) is 1.75. The second-order valence-corrected chi connectivity index (χ2v) is 6.51. The summed E-state index contributed by atoms with van der Waals surface area (Å²) in [6.45, 7) is 0. The summed E-state index contributed by atoms with van der Waals surface area (Å²) in [4.78, 5) is 0. The molecule has 0 radical (unpaired) electrons. The molecule has 1 aliphatic heterocycles. The summed E-state index contributed by atoms with van der Waals surface area (Å²) in [6, 6.07) is 3.28. The smallest absolute Gasteiger partial charge is 0.494 e. The van der Waals surface area contributed by atoms with Crippen molar-refractivity contribution in [3.63, 3.8) is 0 Å². The van der Waals surface area contributed by atoms with Gasteiger partial charge in [-0.05, 0) is 18.6 Å². The molecule has 5 rings (SSSR count). The second kappa shape index (κ2) is 4.46. The van der Waals surface area contributed by atoms with Crippen molar-refractivity contribution in [1.29, 1.82) is 0 Å². The number of hydrogen-bond donors (Lipinski definition) is 2. The van der Waals surface area contributed by atoms with E-state index < -0.39 is 23.7 Å². The monoisotopic (exact) mass is 369 g/mol. The van der Waals surface area contributed by atoms with Gasteiger partial charge >= 0.3 is 12.2 Å². The zero-order valence-electron chi connectivity index (χ0n) is 12.9. The van der Waals surface area contributed by atoms with Crippen LogP contribution in [0.5, 0.6) is 23.3 Å². The van der Waals surface area contributed by atoms with Gasteiger partial charge in [-0.1, -0.05) is 12.2 Å². The molecule has 9 heteroatoms. The number of benzene rings is 1. The highest BCUT2D eigenvalue weighted by Crippen LogP contribution is 2.57. The molecule has 3 aliphatic rings. The van der Waals surface area contributed by atoms with E-state index in [-0.39, 0.29) is 29.3 Å². The topological polar surface area (TPSA) is 63.9 Å². The van der Waals surface area contributed by atoms with E-state index in [2.05, 4.69) is 9.47 Å². The van der Waals surface area contributed by atoms with E-state index in [1.807, 2.05) is 12.2 Å². The van der Waals surface area contributed by atoms with Gasteiger partial charge in [0.1, 0.15) is 0 Å². The van der Waals surface area contributed by atoms with Crippen molar-refractivity contribution in [3.8, 4) is 28.9 Å². The number of fused-ring (bicyclic) bond motifs is 6. The molecule has 1 aromatic carbocycles. The van der Waals surface area contributed by atoms with Gasteiger partial charge in [0, 0.05) is 29.0 Å². The van der Waals surface area contributed by atoms with Gasteiger partial charge in [0.2, 0.25) is 11.8 Å². The lowest BCUT2D eigenvalue weighted by Crippen LogP contribution is -2.52. The largest absolute Gasteiger partial charge is 0.507 e. The minimum atomic E-state index is -4.84. The van der Waals surface area contributed by atoms with Gasteiger partial charge < -0.3 is 19.7 Å². The molecule has 2 heterocycles. The summed E-state index contributed by atoms with van der Waals surface area (Å²) in [5.41, 5.74) is 1.25. The molecule has 0 saturated heterocycles. The highest BCUT2D eigenvalue weighted by atomic mass is 19.3. The van der Waals surface area contributed by atoms with Crippen molar-refractivity contribution in [2.45, 2.75) is 30.5 Å². The Kier molecular flexibility index (Phi) is 2.65. The SMILES string of the molecule is Oc1c2c(c(O)n1-c1ccc3c(c1)OC(F)(F)C(F)(F)O3)[C@H]1C=C[C@@H]2C1. The summed E-state index contributed by atoms with van der Waals surface area (Å²) in [5.74, 6) is -1.67. The van der Waals surface area contributed by atoms with Crippen molar-refractivity contribution < 1.29 is 37.2 Å². The van der Waals surface area contributed by atoms with Crippen molar-refractivity contribution in [2.24, 2.45) is 0 Å². The van der Waals surface area contributed by atoms with E-state index in [1.54, 1.807) is 0 Å². The van der Waals surface area contributed by atoms with Gasteiger partial charge in [-0.2, -0.15) is 17.6 Å². The van der Waals surface area contributed by atoms with Crippen LogP contribution in [0.2, 0.25) is 0 Å². The van der Waals surface area contributed by atoms with E-state index in [9.17, 15) is 27.8 Å².